The molecule has 0 heterocycles. The topological polar surface area (TPSA) is 116 Å². The second kappa shape index (κ2) is 13.2. The van der Waals surface area contributed by atoms with Gasteiger partial charge >= 0.3 is 11.9 Å². The van der Waals surface area contributed by atoms with E-state index in [0.717, 1.165) is 6.07 Å². The highest BCUT2D eigenvalue weighted by Crippen LogP contribution is 2.51. The Labute approximate surface area is 174 Å². The van der Waals surface area contributed by atoms with Crippen molar-refractivity contribution in [2.24, 2.45) is 0 Å². The van der Waals surface area contributed by atoms with Gasteiger partial charge in [0.2, 0.25) is 0 Å². The molecular formula is C20H34FNO6S. The summed E-state index contributed by atoms with van der Waals surface area (Å²) in [7, 11) is -3.62. The number of anilines is 1. The molecular weight excluding hydrogens is 401 g/mol. The van der Waals surface area contributed by atoms with E-state index in [0.29, 0.717) is 18.4 Å². The fourth-order valence-electron chi connectivity index (χ4n) is 2.56. The van der Waals surface area contributed by atoms with Crippen molar-refractivity contribution in [2.45, 2.75) is 65.7 Å². The minimum absolute atomic E-state index is 0. The largest absolute Gasteiger partial charge is 0.478 e. The summed E-state index contributed by atoms with van der Waals surface area (Å²) >= 11 is 0. The van der Waals surface area contributed by atoms with Crippen molar-refractivity contribution >= 4 is 28.4 Å². The predicted octanol–water partition coefficient (Wildman–Crippen LogP) is 5.83. The van der Waals surface area contributed by atoms with Crippen LogP contribution in [0.3, 0.4) is 0 Å². The average Bonchev–Trinajstić information content (AvgIpc) is 2.71. The Kier molecular flexibility index (Phi) is 12.2. The summed E-state index contributed by atoms with van der Waals surface area (Å²) in [5.41, 5.74) is 0.158. The van der Waals surface area contributed by atoms with Crippen LogP contribution in [-0.2, 0) is 20.9 Å². The maximum absolute atomic E-state index is 14.2. The lowest BCUT2D eigenvalue weighted by atomic mass is 9.99. The first-order valence-electron chi connectivity index (χ1n) is 9.60. The molecule has 0 aromatic heterocycles. The zero-order valence-electron chi connectivity index (χ0n) is 17.6. The van der Waals surface area contributed by atoms with Crippen molar-refractivity contribution < 1.29 is 34.4 Å². The molecule has 9 heteroatoms. The molecule has 0 saturated carbocycles. The SMILES string of the molecule is CC.CC.CC(=O)OCc1ccc(NS(O)(O)C2CCCC=C2C(=O)O)c(F)c1.[HH]. The summed E-state index contributed by atoms with van der Waals surface area (Å²) < 4.78 is 42.0. The van der Waals surface area contributed by atoms with Crippen LogP contribution in [0.25, 0.3) is 0 Å². The Morgan fingerprint density at radius 3 is 2.41 bits per heavy atom. The van der Waals surface area contributed by atoms with E-state index in [1.54, 1.807) is 0 Å². The number of nitrogens with one attached hydrogen (secondary N) is 1. The van der Waals surface area contributed by atoms with E-state index in [4.69, 9.17) is 4.74 Å². The normalized spacial score (nSPS) is 16.1. The molecule has 0 aliphatic heterocycles. The highest BCUT2D eigenvalue weighted by Gasteiger charge is 2.34. The number of carbonyl (C=O) groups is 2. The van der Waals surface area contributed by atoms with Crippen LogP contribution < -0.4 is 4.72 Å². The van der Waals surface area contributed by atoms with Crippen molar-refractivity contribution in [1.82, 2.24) is 0 Å². The van der Waals surface area contributed by atoms with E-state index in [1.807, 2.05) is 27.7 Å². The molecule has 1 atom stereocenters. The number of benzene rings is 1. The van der Waals surface area contributed by atoms with Gasteiger partial charge in [0.15, 0.2) is 0 Å². The van der Waals surface area contributed by atoms with Crippen LogP contribution >= 0.6 is 10.8 Å². The third kappa shape index (κ3) is 8.43. The average molecular weight is 436 g/mol. The maximum Gasteiger partial charge on any atom is 0.333 e. The van der Waals surface area contributed by atoms with Gasteiger partial charge in [-0.15, -0.1) is 10.8 Å². The van der Waals surface area contributed by atoms with Crippen LogP contribution in [0.2, 0.25) is 0 Å². The highest BCUT2D eigenvalue weighted by atomic mass is 32.3. The number of carboxylic acids is 1. The van der Waals surface area contributed by atoms with Crippen molar-refractivity contribution in [1.29, 1.82) is 0 Å². The molecule has 29 heavy (non-hydrogen) atoms. The van der Waals surface area contributed by atoms with Gasteiger partial charge in [-0.05, 0) is 37.0 Å². The van der Waals surface area contributed by atoms with Crippen LogP contribution in [0, 0.1) is 5.82 Å². The Morgan fingerprint density at radius 1 is 1.28 bits per heavy atom. The number of hydrogen-bond acceptors (Lipinski definition) is 6. The third-order valence-electron chi connectivity index (χ3n) is 3.76. The minimum Gasteiger partial charge on any atom is -0.478 e. The molecule has 168 valence electrons. The smallest absolute Gasteiger partial charge is 0.333 e. The van der Waals surface area contributed by atoms with E-state index < -0.39 is 33.8 Å². The quantitative estimate of drug-likeness (QED) is 0.415. The van der Waals surface area contributed by atoms with Crippen molar-refractivity contribution in [3.05, 3.63) is 41.2 Å². The first-order chi connectivity index (χ1) is 13.7. The number of carbonyl (C=O) groups excluding carboxylic acids is 1. The van der Waals surface area contributed by atoms with Crippen molar-refractivity contribution in [3.8, 4) is 0 Å². The van der Waals surface area contributed by atoms with Crippen LogP contribution in [0.4, 0.5) is 10.1 Å². The fraction of sp³-hybridized carbons (Fsp3) is 0.500. The Balaban J connectivity index is 0. The molecule has 0 spiro atoms. The molecule has 4 N–H and O–H groups in total. The number of carboxylic acid groups (broad SMARTS) is 1. The molecule has 7 nitrogen and oxygen atoms in total. The monoisotopic (exact) mass is 435 g/mol. The van der Waals surface area contributed by atoms with Crippen LogP contribution in [0.5, 0.6) is 0 Å². The number of allylic oxidation sites excluding steroid dienone is 1. The number of hydrogen-bond donors (Lipinski definition) is 4. The van der Waals surface area contributed by atoms with Gasteiger partial charge in [-0.2, -0.15) is 0 Å². The van der Waals surface area contributed by atoms with Gasteiger partial charge in [-0.25, -0.2) is 9.18 Å². The fourth-order valence-corrected chi connectivity index (χ4v) is 4.24. The highest BCUT2D eigenvalue weighted by molar-refractivity contribution is 8.26. The molecule has 0 radical (unpaired) electrons. The number of aliphatic carboxylic acids is 1. The molecule has 2 rings (SSSR count). The number of esters is 1. The van der Waals surface area contributed by atoms with Gasteiger partial charge in [-0.3, -0.25) is 18.6 Å². The molecule has 1 unspecified atom stereocenters. The molecule has 1 aliphatic carbocycles. The van der Waals surface area contributed by atoms with E-state index in [-0.39, 0.29) is 25.7 Å². The zero-order chi connectivity index (χ0) is 22.6. The second-order valence-corrected chi connectivity index (χ2v) is 7.63. The van der Waals surface area contributed by atoms with Crippen LogP contribution in [-0.4, -0.2) is 31.4 Å². The zero-order valence-corrected chi connectivity index (χ0v) is 18.4. The number of rotatable bonds is 6. The van der Waals surface area contributed by atoms with Crippen molar-refractivity contribution in [2.75, 3.05) is 4.72 Å². The first-order valence-corrected chi connectivity index (χ1v) is 11.2. The Morgan fingerprint density at radius 2 is 1.90 bits per heavy atom. The summed E-state index contributed by atoms with van der Waals surface area (Å²) in [4.78, 5) is 22.1. The van der Waals surface area contributed by atoms with E-state index in [9.17, 15) is 28.2 Å². The standard InChI is InChI=1S/C16H20FNO6S.2C2H6.H2/c1-10(19)24-9-11-6-7-14(13(17)8-11)18-25(22,23)15-5-3-2-4-12(15)16(20)21;2*1-2;/h4,6-8,15,18,22-23H,2-3,5,9H2,1H3,(H,20,21);2*1-2H3;1H. The first kappa shape index (κ1) is 26.9. The molecule has 0 amide bonds. The van der Waals surface area contributed by atoms with E-state index >= 15 is 0 Å². The van der Waals surface area contributed by atoms with Gasteiger partial charge in [0.1, 0.15) is 17.7 Å². The van der Waals surface area contributed by atoms with E-state index in [2.05, 4.69) is 4.72 Å². The lowest BCUT2D eigenvalue weighted by Crippen LogP contribution is -2.31. The summed E-state index contributed by atoms with van der Waals surface area (Å²) in [5, 5.41) is 8.20. The van der Waals surface area contributed by atoms with Gasteiger partial charge in [-0.1, -0.05) is 39.8 Å². The summed E-state index contributed by atoms with van der Waals surface area (Å²) in [6.45, 7) is 9.14. The lowest BCUT2D eigenvalue weighted by molar-refractivity contribution is -0.142. The van der Waals surface area contributed by atoms with Gasteiger partial charge in [0.25, 0.3) is 0 Å². The molecule has 1 aromatic rings. The minimum atomic E-state index is -3.62. The van der Waals surface area contributed by atoms with E-state index in [1.165, 1.54) is 25.1 Å². The van der Waals surface area contributed by atoms with Crippen molar-refractivity contribution in [3.63, 3.8) is 0 Å². The second-order valence-electron chi connectivity index (χ2n) is 5.67. The Hall–Kier alpha value is -2.10. The molecule has 1 aliphatic rings. The van der Waals surface area contributed by atoms with Gasteiger partial charge in [0, 0.05) is 8.35 Å². The third-order valence-corrected chi connectivity index (χ3v) is 5.56. The molecule has 0 fully saturated rings. The predicted molar refractivity (Wildman–Crippen MR) is 117 cm³/mol. The number of halogens is 1. The maximum atomic E-state index is 14.2. The lowest BCUT2D eigenvalue weighted by Gasteiger charge is -2.42. The molecule has 0 bridgehead atoms. The summed E-state index contributed by atoms with van der Waals surface area (Å²) in [5.74, 6) is -2.48. The summed E-state index contributed by atoms with van der Waals surface area (Å²) in [6.07, 6.45) is 2.90. The molecule has 1 aromatic carbocycles. The Bertz CT molecular complexity index is 715. The summed E-state index contributed by atoms with van der Waals surface area (Å²) in [6, 6.07) is 3.86. The molecule has 0 saturated heterocycles. The number of ether oxygens (including phenoxy) is 1. The van der Waals surface area contributed by atoms with Crippen LogP contribution in [0.15, 0.2) is 29.8 Å². The van der Waals surface area contributed by atoms with Gasteiger partial charge in [0.05, 0.1) is 11.3 Å². The van der Waals surface area contributed by atoms with Crippen LogP contribution in [0.1, 0.15) is 60.9 Å². The van der Waals surface area contributed by atoms with Gasteiger partial charge < -0.3 is 9.84 Å².